The van der Waals surface area contributed by atoms with Crippen LogP contribution in [0.1, 0.15) is 10.4 Å². The first-order valence-corrected chi connectivity index (χ1v) is 5.79. The third-order valence-electron chi connectivity index (χ3n) is 2.28. The van der Waals surface area contributed by atoms with Gasteiger partial charge in [0.1, 0.15) is 0 Å². The molecule has 92 valence electrons. The van der Waals surface area contributed by atoms with Crippen molar-refractivity contribution in [3.63, 3.8) is 0 Å². The molecule has 2 rings (SSSR count). The van der Waals surface area contributed by atoms with E-state index in [1.54, 1.807) is 18.2 Å². The normalized spacial score (nSPS) is 10.1. The van der Waals surface area contributed by atoms with Crippen LogP contribution in [0, 0.1) is 0 Å². The molecule has 1 aromatic carbocycles. The first-order valence-electron chi connectivity index (χ1n) is 5.04. The van der Waals surface area contributed by atoms with Crippen molar-refractivity contribution in [2.75, 3.05) is 11.1 Å². The van der Waals surface area contributed by atoms with Gasteiger partial charge in [0.05, 0.1) is 21.3 Å². The van der Waals surface area contributed by atoms with E-state index in [0.29, 0.717) is 22.0 Å². The smallest absolute Gasteiger partial charge is 0.257 e. The van der Waals surface area contributed by atoms with Gasteiger partial charge in [-0.1, -0.05) is 23.2 Å². The summed E-state index contributed by atoms with van der Waals surface area (Å²) in [6, 6.07) is 6.39. The van der Waals surface area contributed by atoms with E-state index < -0.39 is 0 Å². The molecule has 1 aromatic heterocycles. The number of nitrogen functional groups attached to an aromatic ring is 1. The Morgan fingerprint density at radius 3 is 2.67 bits per heavy atom. The summed E-state index contributed by atoms with van der Waals surface area (Å²) in [6.45, 7) is 0. The van der Waals surface area contributed by atoms with E-state index in [2.05, 4.69) is 10.3 Å². The number of pyridine rings is 1. The SMILES string of the molecule is Nc1ccc(NC(=O)c2ccncc2Cl)cc1Cl. The maximum Gasteiger partial charge on any atom is 0.257 e. The molecule has 0 aliphatic carbocycles. The van der Waals surface area contributed by atoms with Crippen LogP contribution in [0.5, 0.6) is 0 Å². The van der Waals surface area contributed by atoms with E-state index in [0.717, 1.165) is 0 Å². The number of hydrogen-bond donors (Lipinski definition) is 2. The first-order chi connectivity index (χ1) is 8.58. The van der Waals surface area contributed by atoms with Crippen molar-refractivity contribution >= 4 is 40.5 Å². The van der Waals surface area contributed by atoms with Gasteiger partial charge in [-0.15, -0.1) is 0 Å². The molecular formula is C12H9Cl2N3O. The Balaban J connectivity index is 2.22. The third-order valence-corrected chi connectivity index (χ3v) is 2.90. The lowest BCUT2D eigenvalue weighted by molar-refractivity contribution is 0.102. The Kier molecular flexibility index (Phi) is 3.69. The van der Waals surface area contributed by atoms with Crippen LogP contribution < -0.4 is 11.1 Å². The van der Waals surface area contributed by atoms with Crippen molar-refractivity contribution in [2.24, 2.45) is 0 Å². The predicted octanol–water partition coefficient (Wildman–Crippen LogP) is 3.22. The summed E-state index contributed by atoms with van der Waals surface area (Å²) in [7, 11) is 0. The quantitative estimate of drug-likeness (QED) is 0.831. The molecule has 18 heavy (non-hydrogen) atoms. The zero-order valence-corrected chi connectivity index (χ0v) is 10.7. The minimum absolute atomic E-state index is 0.288. The van der Waals surface area contributed by atoms with Gasteiger partial charge in [-0.3, -0.25) is 9.78 Å². The van der Waals surface area contributed by atoms with E-state index in [4.69, 9.17) is 28.9 Å². The highest BCUT2D eigenvalue weighted by Gasteiger charge is 2.10. The third kappa shape index (κ3) is 2.72. The number of amides is 1. The highest BCUT2D eigenvalue weighted by Crippen LogP contribution is 2.23. The molecule has 0 saturated heterocycles. The number of carbonyl (C=O) groups is 1. The zero-order chi connectivity index (χ0) is 13.1. The number of anilines is 2. The fourth-order valence-electron chi connectivity index (χ4n) is 1.36. The second-order valence-electron chi connectivity index (χ2n) is 3.55. The lowest BCUT2D eigenvalue weighted by Crippen LogP contribution is -2.12. The van der Waals surface area contributed by atoms with Crippen LogP contribution in [0.4, 0.5) is 11.4 Å². The molecule has 2 aromatic rings. The lowest BCUT2D eigenvalue weighted by atomic mass is 10.2. The minimum Gasteiger partial charge on any atom is -0.398 e. The van der Waals surface area contributed by atoms with E-state index in [1.807, 2.05) is 0 Å². The Hall–Kier alpha value is -1.78. The van der Waals surface area contributed by atoms with E-state index >= 15 is 0 Å². The molecular weight excluding hydrogens is 273 g/mol. The highest BCUT2D eigenvalue weighted by molar-refractivity contribution is 6.34. The van der Waals surface area contributed by atoms with Crippen LogP contribution in [-0.2, 0) is 0 Å². The van der Waals surface area contributed by atoms with Gasteiger partial charge in [-0.2, -0.15) is 0 Å². The molecule has 0 atom stereocenters. The summed E-state index contributed by atoms with van der Waals surface area (Å²) in [6.07, 6.45) is 2.91. The minimum atomic E-state index is -0.330. The Morgan fingerprint density at radius 2 is 2.00 bits per heavy atom. The Bertz CT molecular complexity index is 602. The molecule has 1 amide bonds. The molecule has 0 saturated carbocycles. The van der Waals surface area contributed by atoms with Crippen molar-refractivity contribution in [3.05, 3.63) is 52.3 Å². The summed E-state index contributed by atoms with van der Waals surface area (Å²) in [5, 5.41) is 3.35. The van der Waals surface area contributed by atoms with Crippen LogP contribution in [0.25, 0.3) is 0 Å². The summed E-state index contributed by atoms with van der Waals surface area (Å²) in [5.74, 6) is -0.330. The second kappa shape index (κ2) is 5.25. The Labute approximate surface area is 114 Å². The van der Waals surface area contributed by atoms with Crippen LogP contribution in [0.3, 0.4) is 0 Å². The fourth-order valence-corrected chi connectivity index (χ4v) is 1.75. The number of nitrogens with zero attached hydrogens (tertiary/aromatic N) is 1. The number of rotatable bonds is 2. The van der Waals surface area contributed by atoms with Crippen LogP contribution in [0.2, 0.25) is 10.0 Å². The molecule has 0 radical (unpaired) electrons. The van der Waals surface area contributed by atoms with Gasteiger partial charge < -0.3 is 11.1 Å². The lowest BCUT2D eigenvalue weighted by Gasteiger charge is -2.07. The number of nitrogens with two attached hydrogens (primary N) is 1. The first kappa shape index (κ1) is 12.7. The Morgan fingerprint density at radius 1 is 1.22 bits per heavy atom. The van der Waals surface area contributed by atoms with Crippen molar-refractivity contribution in [2.45, 2.75) is 0 Å². The predicted molar refractivity (Wildman–Crippen MR) is 73.1 cm³/mol. The molecule has 6 heteroatoms. The summed E-state index contributed by atoms with van der Waals surface area (Å²) in [5.41, 5.74) is 6.93. The van der Waals surface area contributed by atoms with Gasteiger partial charge in [0.25, 0.3) is 5.91 Å². The molecule has 0 aliphatic rings. The van der Waals surface area contributed by atoms with Gasteiger partial charge in [0.15, 0.2) is 0 Å². The molecule has 0 unspecified atom stereocenters. The second-order valence-corrected chi connectivity index (χ2v) is 4.36. The van der Waals surface area contributed by atoms with Crippen molar-refractivity contribution < 1.29 is 4.79 Å². The number of hydrogen-bond acceptors (Lipinski definition) is 3. The van der Waals surface area contributed by atoms with E-state index in [-0.39, 0.29) is 10.9 Å². The average Bonchev–Trinajstić information content (AvgIpc) is 2.34. The maximum absolute atomic E-state index is 11.9. The van der Waals surface area contributed by atoms with Crippen molar-refractivity contribution in [1.29, 1.82) is 0 Å². The van der Waals surface area contributed by atoms with Gasteiger partial charge in [-0.25, -0.2) is 0 Å². The maximum atomic E-state index is 11.9. The van der Waals surface area contributed by atoms with Gasteiger partial charge >= 0.3 is 0 Å². The van der Waals surface area contributed by atoms with Crippen molar-refractivity contribution in [1.82, 2.24) is 4.98 Å². The van der Waals surface area contributed by atoms with Gasteiger partial charge in [0.2, 0.25) is 0 Å². The molecule has 0 aliphatic heterocycles. The number of aromatic nitrogens is 1. The van der Waals surface area contributed by atoms with Crippen LogP contribution >= 0.6 is 23.2 Å². The monoisotopic (exact) mass is 281 g/mol. The topological polar surface area (TPSA) is 68.0 Å². The number of nitrogens with one attached hydrogen (secondary N) is 1. The molecule has 4 nitrogen and oxygen atoms in total. The highest BCUT2D eigenvalue weighted by atomic mass is 35.5. The number of carbonyl (C=O) groups excluding carboxylic acids is 1. The van der Waals surface area contributed by atoms with Crippen molar-refractivity contribution in [3.8, 4) is 0 Å². The van der Waals surface area contributed by atoms with Gasteiger partial charge in [0, 0.05) is 18.1 Å². The fraction of sp³-hybridized carbons (Fsp3) is 0. The van der Waals surface area contributed by atoms with Crippen LogP contribution in [-0.4, -0.2) is 10.9 Å². The number of benzene rings is 1. The average molecular weight is 282 g/mol. The molecule has 0 fully saturated rings. The summed E-state index contributed by atoms with van der Waals surface area (Å²) < 4.78 is 0. The summed E-state index contributed by atoms with van der Waals surface area (Å²) in [4.78, 5) is 15.7. The molecule has 0 spiro atoms. The largest absolute Gasteiger partial charge is 0.398 e. The molecule has 1 heterocycles. The van der Waals surface area contributed by atoms with Crippen LogP contribution in [0.15, 0.2) is 36.7 Å². The standard InChI is InChI=1S/C12H9Cl2N3O/c13-9-5-7(1-2-11(9)15)17-12(18)8-3-4-16-6-10(8)14/h1-6H,15H2,(H,17,18). The molecule has 3 N–H and O–H groups in total. The number of halogens is 2. The van der Waals surface area contributed by atoms with E-state index in [1.165, 1.54) is 18.5 Å². The summed E-state index contributed by atoms with van der Waals surface area (Å²) >= 11 is 11.7. The van der Waals surface area contributed by atoms with Gasteiger partial charge in [-0.05, 0) is 24.3 Å². The molecule has 0 bridgehead atoms. The van der Waals surface area contributed by atoms with E-state index in [9.17, 15) is 4.79 Å². The zero-order valence-electron chi connectivity index (χ0n) is 9.15.